The molecule has 2 aromatic carbocycles. The molecule has 0 radical (unpaired) electrons. The van der Waals surface area contributed by atoms with E-state index in [1.165, 1.54) is 17.9 Å². The first-order valence-electron chi connectivity index (χ1n) is 7.86. The summed E-state index contributed by atoms with van der Waals surface area (Å²) in [5.41, 5.74) is 0.922. The lowest BCUT2D eigenvalue weighted by atomic mass is 10.2. The third kappa shape index (κ3) is 4.97. The number of aromatic hydroxyl groups is 1. The van der Waals surface area contributed by atoms with Crippen molar-refractivity contribution in [3.63, 3.8) is 0 Å². The number of rotatable bonds is 3. The van der Waals surface area contributed by atoms with E-state index < -0.39 is 11.7 Å². The lowest BCUT2D eigenvalue weighted by Gasteiger charge is -2.23. The Bertz CT molecular complexity index is 764. The van der Waals surface area contributed by atoms with Crippen LogP contribution in [0.5, 0.6) is 5.75 Å². The van der Waals surface area contributed by atoms with Gasteiger partial charge in [-0.1, -0.05) is 12.1 Å². The number of hydrogen-bond acceptors (Lipinski definition) is 4. The summed E-state index contributed by atoms with van der Waals surface area (Å²) in [4.78, 5) is 25.2. The Morgan fingerprint density at radius 3 is 2.16 bits per heavy atom. The standard InChI is InChI=1S/C19H22N2O4/c1-13(22)21(16-7-5-6-8-17(16)23)15-11-9-14(10-12-15)20-18(24)25-19(2,3)4/h5-12,23H,1-4H3,(H,20,24). The monoisotopic (exact) mass is 342 g/mol. The summed E-state index contributed by atoms with van der Waals surface area (Å²) in [7, 11) is 0. The van der Waals surface area contributed by atoms with Crippen molar-refractivity contribution in [3.8, 4) is 5.75 Å². The fraction of sp³-hybridized carbons (Fsp3) is 0.263. The van der Waals surface area contributed by atoms with Crippen molar-refractivity contribution in [3.05, 3.63) is 48.5 Å². The minimum atomic E-state index is -0.583. The maximum atomic E-state index is 12.0. The fourth-order valence-electron chi connectivity index (χ4n) is 2.26. The van der Waals surface area contributed by atoms with Gasteiger partial charge in [0.25, 0.3) is 0 Å². The third-order valence-electron chi connectivity index (χ3n) is 3.21. The van der Waals surface area contributed by atoms with Gasteiger partial charge in [-0.05, 0) is 57.2 Å². The number of nitrogens with zero attached hydrogens (tertiary/aromatic N) is 1. The number of phenols is 1. The molecule has 0 saturated carbocycles. The first-order valence-corrected chi connectivity index (χ1v) is 7.86. The number of para-hydroxylation sites is 2. The Morgan fingerprint density at radius 2 is 1.64 bits per heavy atom. The van der Waals surface area contributed by atoms with Crippen LogP contribution in [-0.2, 0) is 9.53 Å². The Labute approximate surface area is 147 Å². The number of benzene rings is 2. The highest BCUT2D eigenvalue weighted by Gasteiger charge is 2.18. The van der Waals surface area contributed by atoms with Gasteiger partial charge in [0.1, 0.15) is 11.4 Å². The molecule has 0 aliphatic rings. The molecule has 0 fully saturated rings. The fourth-order valence-corrected chi connectivity index (χ4v) is 2.26. The highest BCUT2D eigenvalue weighted by Crippen LogP contribution is 2.33. The molecule has 2 rings (SSSR count). The van der Waals surface area contributed by atoms with Crippen LogP contribution in [0.4, 0.5) is 21.9 Å². The maximum absolute atomic E-state index is 12.0. The van der Waals surface area contributed by atoms with Crippen LogP contribution in [0.1, 0.15) is 27.7 Å². The van der Waals surface area contributed by atoms with E-state index >= 15 is 0 Å². The smallest absolute Gasteiger partial charge is 0.412 e. The van der Waals surface area contributed by atoms with Gasteiger partial charge in [-0.25, -0.2) is 4.79 Å². The molecule has 132 valence electrons. The van der Waals surface area contributed by atoms with Crippen LogP contribution in [0.15, 0.2) is 48.5 Å². The molecule has 0 heterocycles. The van der Waals surface area contributed by atoms with Gasteiger partial charge in [-0.2, -0.15) is 0 Å². The van der Waals surface area contributed by atoms with Crippen LogP contribution < -0.4 is 10.2 Å². The normalized spacial score (nSPS) is 10.9. The number of phenolic OH excluding ortho intramolecular Hbond substituents is 1. The molecular weight excluding hydrogens is 320 g/mol. The van der Waals surface area contributed by atoms with Crippen molar-refractivity contribution in [2.45, 2.75) is 33.3 Å². The van der Waals surface area contributed by atoms with Crippen LogP contribution >= 0.6 is 0 Å². The molecule has 2 amide bonds. The molecule has 0 spiro atoms. The van der Waals surface area contributed by atoms with E-state index in [1.54, 1.807) is 63.2 Å². The zero-order valence-electron chi connectivity index (χ0n) is 14.7. The summed E-state index contributed by atoms with van der Waals surface area (Å²) in [6, 6.07) is 13.3. The summed E-state index contributed by atoms with van der Waals surface area (Å²) in [5.74, 6) is -0.233. The summed E-state index contributed by atoms with van der Waals surface area (Å²) >= 11 is 0. The van der Waals surface area contributed by atoms with Gasteiger partial charge in [0.2, 0.25) is 5.91 Å². The van der Waals surface area contributed by atoms with Crippen LogP contribution in [0.3, 0.4) is 0 Å². The van der Waals surface area contributed by atoms with Gasteiger partial charge in [-0.15, -0.1) is 0 Å². The first kappa shape index (κ1) is 18.3. The third-order valence-corrected chi connectivity index (χ3v) is 3.21. The first-order chi connectivity index (χ1) is 11.7. The van der Waals surface area contributed by atoms with E-state index in [0.29, 0.717) is 17.1 Å². The van der Waals surface area contributed by atoms with Crippen molar-refractivity contribution in [2.75, 3.05) is 10.2 Å². The Morgan fingerprint density at radius 1 is 1.04 bits per heavy atom. The molecule has 0 aliphatic heterocycles. The predicted molar refractivity (Wildman–Crippen MR) is 97.2 cm³/mol. The molecule has 0 unspecified atom stereocenters. The second-order valence-electron chi connectivity index (χ2n) is 6.52. The van der Waals surface area contributed by atoms with Crippen LogP contribution in [0.25, 0.3) is 0 Å². The van der Waals surface area contributed by atoms with Crippen LogP contribution in [0, 0.1) is 0 Å². The molecule has 0 bridgehead atoms. The summed E-state index contributed by atoms with van der Waals surface area (Å²) < 4.78 is 5.19. The second kappa shape index (κ2) is 7.25. The Balaban J connectivity index is 2.21. The minimum Gasteiger partial charge on any atom is -0.506 e. The van der Waals surface area contributed by atoms with E-state index in [4.69, 9.17) is 4.74 Å². The largest absolute Gasteiger partial charge is 0.506 e. The molecule has 0 aromatic heterocycles. The predicted octanol–water partition coefficient (Wildman–Crippen LogP) is 4.42. The van der Waals surface area contributed by atoms with Gasteiger partial charge in [0, 0.05) is 18.3 Å². The number of carbonyl (C=O) groups is 2. The molecule has 6 heteroatoms. The van der Waals surface area contributed by atoms with Crippen molar-refractivity contribution < 1.29 is 19.4 Å². The summed E-state index contributed by atoms with van der Waals surface area (Å²) in [6.45, 7) is 6.77. The second-order valence-corrected chi connectivity index (χ2v) is 6.52. The van der Waals surface area contributed by atoms with Gasteiger partial charge in [0.15, 0.2) is 0 Å². The molecule has 25 heavy (non-hydrogen) atoms. The molecule has 6 nitrogen and oxygen atoms in total. The quantitative estimate of drug-likeness (QED) is 0.865. The van der Waals surface area contributed by atoms with E-state index in [1.807, 2.05) is 0 Å². The number of nitrogens with one attached hydrogen (secondary N) is 1. The summed E-state index contributed by atoms with van der Waals surface area (Å²) in [5, 5.41) is 12.6. The van der Waals surface area contributed by atoms with Crippen molar-refractivity contribution >= 4 is 29.1 Å². The topological polar surface area (TPSA) is 78.9 Å². The zero-order chi connectivity index (χ0) is 18.6. The number of carbonyl (C=O) groups excluding carboxylic acids is 2. The summed E-state index contributed by atoms with van der Waals surface area (Å²) in [6.07, 6.45) is -0.552. The van der Waals surface area contributed by atoms with Crippen molar-refractivity contribution in [2.24, 2.45) is 0 Å². The number of hydrogen-bond donors (Lipinski definition) is 2. The van der Waals surface area contributed by atoms with Crippen molar-refractivity contribution in [1.29, 1.82) is 0 Å². The van der Waals surface area contributed by atoms with Crippen LogP contribution in [-0.4, -0.2) is 22.7 Å². The highest BCUT2D eigenvalue weighted by molar-refractivity contribution is 6.00. The number of ether oxygens (including phenoxy) is 1. The lowest BCUT2D eigenvalue weighted by molar-refractivity contribution is -0.115. The van der Waals surface area contributed by atoms with Gasteiger partial charge >= 0.3 is 6.09 Å². The molecule has 2 aromatic rings. The Kier molecular flexibility index (Phi) is 5.32. The molecular formula is C19H22N2O4. The highest BCUT2D eigenvalue weighted by atomic mass is 16.6. The molecule has 2 N–H and O–H groups in total. The molecule has 0 aliphatic carbocycles. The zero-order valence-corrected chi connectivity index (χ0v) is 14.7. The maximum Gasteiger partial charge on any atom is 0.412 e. The van der Waals surface area contributed by atoms with Gasteiger partial charge < -0.3 is 9.84 Å². The molecule has 0 atom stereocenters. The molecule has 0 saturated heterocycles. The van der Waals surface area contributed by atoms with E-state index in [9.17, 15) is 14.7 Å². The number of anilines is 3. The van der Waals surface area contributed by atoms with E-state index in [2.05, 4.69) is 5.32 Å². The average molecular weight is 342 g/mol. The Hall–Kier alpha value is -3.02. The SMILES string of the molecule is CC(=O)N(c1ccc(NC(=O)OC(C)(C)C)cc1)c1ccccc1O. The number of amides is 2. The van der Waals surface area contributed by atoms with E-state index in [0.717, 1.165) is 0 Å². The van der Waals surface area contributed by atoms with Crippen molar-refractivity contribution in [1.82, 2.24) is 0 Å². The van der Waals surface area contributed by atoms with Gasteiger partial charge in [0.05, 0.1) is 5.69 Å². The van der Waals surface area contributed by atoms with E-state index in [-0.39, 0.29) is 11.7 Å². The minimum absolute atomic E-state index is 0.00802. The van der Waals surface area contributed by atoms with Gasteiger partial charge in [-0.3, -0.25) is 15.0 Å². The lowest BCUT2D eigenvalue weighted by Crippen LogP contribution is -2.27. The average Bonchev–Trinajstić information content (AvgIpc) is 2.49. The van der Waals surface area contributed by atoms with Crippen LogP contribution in [0.2, 0.25) is 0 Å².